The molecule has 1 atom stereocenters. The zero-order valence-corrected chi connectivity index (χ0v) is 16.8. The molecule has 0 radical (unpaired) electrons. The lowest BCUT2D eigenvalue weighted by Crippen LogP contribution is -2.45. The van der Waals surface area contributed by atoms with Gasteiger partial charge in [0.15, 0.2) is 0 Å². The van der Waals surface area contributed by atoms with Crippen LogP contribution in [-0.2, 0) is 22.5 Å². The Morgan fingerprint density at radius 2 is 1.90 bits per heavy atom. The second-order valence-corrected chi connectivity index (χ2v) is 7.82. The number of anilines is 2. The second-order valence-electron chi connectivity index (χ2n) is 7.82. The number of carbonyl (C=O) groups is 2. The molecule has 0 spiro atoms. The predicted molar refractivity (Wildman–Crippen MR) is 110 cm³/mol. The molecule has 0 unspecified atom stereocenters. The Morgan fingerprint density at radius 3 is 2.62 bits per heavy atom. The Labute approximate surface area is 170 Å². The Hall–Kier alpha value is -3.29. The Bertz CT molecular complexity index is 865. The lowest BCUT2D eigenvalue weighted by atomic mass is 10.0. The molecule has 1 aliphatic rings. The van der Waals surface area contributed by atoms with Crippen molar-refractivity contribution >= 4 is 23.8 Å². The highest BCUT2D eigenvalue weighted by molar-refractivity contribution is 5.83. The summed E-state index contributed by atoms with van der Waals surface area (Å²) in [7, 11) is 0. The number of hydrogen-bond acceptors (Lipinski definition) is 6. The number of aromatic nitrogens is 1. The third-order valence-electron chi connectivity index (χ3n) is 4.12. The van der Waals surface area contributed by atoms with Gasteiger partial charge in [0, 0.05) is 6.54 Å². The van der Waals surface area contributed by atoms with Crippen molar-refractivity contribution in [1.29, 1.82) is 0 Å². The van der Waals surface area contributed by atoms with E-state index in [1.807, 2.05) is 57.2 Å². The highest BCUT2D eigenvalue weighted by Crippen LogP contribution is 2.22. The summed E-state index contributed by atoms with van der Waals surface area (Å²) in [6.07, 6.45) is -0.394. The van der Waals surface area contributed by atoms with Gasteiger partial charge in [-0.05, 0) is 44.4 Å². The number of ether oxygens (including phenoxy) is 2. The standard InChI is InChI=1S/C21H26N4O4/c1-21(2,3)29-20(27)23-16-11-15-9-10-17(24-18(15)22-12-16)25-19(26)28-13-14-7-5-4-6-8-14/h4-10,16H,11-13H2,1-3H3,(H,23,27)(H2,22,24,25,26)/t16-/m1/s1. The fourth-order valence-corrected chi connectivity index (χ4v) is 2.87. The SMILES string of the molecule is CC(C)(C)OC(=O)N[C@H]1CNc2nc(NC(=O)OCc3ccccc3)ccc2C1. The van der Waals surface area contributed by atoms with Crippen LogP contribution in [0.5, 0.6) is 0 Å². The zero-order valence-electron chi connectivity index (χ0n) is 16.8. The first-order valence-electron chi connectivity index (χ1n) is 9.49. The van der Waals surface area contributed by atoms with Gasteiger partial charge in [-0.3, -0.25) is 5.32 Å². The number of alkyl carbamates (subject to hydrolysis) is 1. The smallest absolute Gasteiger partial charge is 0.413 e. The molecule has 0 saturated heterocycles. The van der Waals surface area contributed by atoms with E-state index in [4.69, 9.17) is 9.47 Å². The van der Waals surface area contributed by atoms with Crippen molar-refractivity contribution < 1.29 is 19.1 Å². The topological polar surface area (TPSA) is 102 Å². The molecule has 0 fully saturated rings. The minimum atomic E-state index is -0.568. The van der Waals surface area contributed by atoms with Gasteiger partial charge in [0.25, 0.3) is 0 Å². The number of amides is 2. The van der Waals surface area contributed by atoms with Crippen LogP contribution in [-0.4, -0.2) is 35.4 Å². The largest absolute Gasteiger partial charge is 0.444 e. The lowest BCUT2D eigenvalue weighted by Gasteiger charge is -2.28. The molecule has 154 valence electrons. The molecular formula is C21H26N4O4. The Morgan fingerprint density at radius 1 is 1.14 bits per heavy atom. The first kappa shape index (κ1) is 20.4. The van der Waals surface area contributed by atoms with E-state index in [2.05, 4.69) is 20.9 Å². The molecular weight excluding hydrogens is 372 g/mol. The molecule has 0 saturated carbocycles. The van der Waals surface area contributed by atoms with Gasteiger partial charge in [-0.1, -0.05) is 36.4 Å². The Balaban J connectivity index is 1.51. The third-order valence-corrected chi connectivity index (χ3v) is 4.12. The molecule has 8 heteroatoms. The number of hydrogen-bond donors (Lipinski definition) is 3. The number of pyridine rings is 1. The van der Waals surface area contributed by atoms with Crippen molar-refractivity contribution in [3.8, 4) is 0 Å². The molecule has 0 bridgehead atoms. The third kappa shape index (κ3) is 6.38. The van der Waals surface area contributed by atoms with Crippen molar-refractivity contribution in [2.45, 2.75) is 45.4 Å². The molecule has 1 aromatic heterocycles. The van der Waals surface area contributed by atoms with Gasteiger partial charge in [-0.15, -0.1) is 0 Å². The normalized spacial score (nSPS) is 15.5. The van der Waals surface area contributed by atoms with E-state index in [1.54, 1.807) is 6.07 Å². The first-order chi connectivity index (χ1) is 13.8. The molecule has 3 rings (SSSR count). The number of benzene rings is 1. The molecule has 2 aromatic rings. The van der Waals surface area contributed by atoms with Crippen molar-refractivity contribution in [3.05, 3.63) is 53.6 Å². The van der Waals surface area contributed by atoms with Gasteiger partial charge in [0.2, 0.25) is 0 Å². The van der Waals surface area contributed by atoms with Crippen LogP contribution in [0.15, 0.2) is 42.5 Å². The maximum absolute atomic E-state index is 12.0. The number of nitrogens with one attached hydrogen (secondary N) is 3. The zero-order chi connectivity index (χ0) is 20.9. The molecule has 8 nitrogen and oxygen atoms in total. The van der Waals surface area contributed by atoms with E-state index in [9.17, 15) is 9.59 Å². The molecule has 1 aromatic carbocycles. The van der Waals surface area contributed by atoms with E-state index < -0.39 is 17.8 Å². The van der Waals surface area contributed by atoms with E-state index in [-0.39, 0.29) is 12.6 Å². The van der Waals surface area contributed by atoms with Crippen LogP contribution in [0.1, 0.15) is 31.9 Å². The highest BCUT2D eigenvalue weighted by atomic mass is 16.6. The lowest BCUT2D eigenvalue weighted by molar-refractivity contribution is 0.0506. The summed E-state index contributed by atoms with van der Waals surface area (Å²) in [5.74, 6) is 1.07. The van der Waals surface area contributed by atoms with Gasteiger partial charge in [-0.2, -0.15) is 0 Å². The van der Waals surface area contributed by atoms with Gasteiger partial charge in [0.05, 0.1) is 6.04 Å². The quantitative estimate of drug-likeness (QED) is 0.726. The summed E-state index contributed by atoms with van der Waals surface area (Å²) in [6.45, 7) is 6.17. The van der Waals surface area contributed by atoms with Crippen LogP contribution in [0, 0.1) is 0 Å². The molecule has 0 aliphatic carbocycles. The van der Waals surface area contributed by atoms with Crippen LogP contribution >= 0.6 is 0 Å². The fourth-order valence-electron chi connectivity index (χ4n) is 2.87. The predicted octanol–water partition coefficient (Wildman–Crippen LogP) is 3.69. The summed E-state index contributed by atoms with van der Waals surface area (Å²) >= 11 is 0. The molecule has 2 heterocycles. The maximum Gasteiger partial charge on any atom is 0.413 e. The van der Waals surface area contributed by atoms with Crippen LogP contribution in [0.25, 0.3) is 0 Å². The molecule has 3 N–H and O–H groups in total. The van der Waals surface area contributed by atoms with Crippen molar-refractivity contribution in [3.63, 3.8) is 0 Å². The number of rotatable bonds is 4. The summed E-state index contributed by atoms with van der Waals surface area (Å²) in [5, 5.41) is 8.66. The average Bonchev–Trinajstić information content (AvgIpc) is 2.66. The second kappa shape index (κ2) is 8.81. The maximum atomic E-state index is 12.0. The van der Waals surface area contributed by atoms with Crippen LogP contribution in [0.2, 0.25) is 0 Å². The molecule has 1 aliphatic heterocycles. The van der Waals surface area contributed by atoms with E-state index >= 15 is 0 Å². The fraction of sp³-hybridized carbons (Fsp3) is 0.381. The van der Waals surface area contributed by atoms with Crippen molar-refractivity contribution in [2.24, 2.45) is 0 Å². The first-order valence-corrected chi connectivity index (χ1v) is 9.49. The van der Waals surface area contributed by atoms with Gasteiger partial charge in [-0.25, -0.2) is 14.6 Å². The molecule has 29 heavy (non-hydrogen) atoms. The number of fused-ring (bicyclic) bond motifs is 1. The summed E-state index contributed by atoms with van der Waals surface area (Å²) in [4.78, 5) is 28.3. The van der Waals surface area contributed by atoms with E-state index in [0.29, 0.717) is 24.6 Å². The monoisotopic (exact) mass is 398 g/mol. The van der Waals surface area contributed by atoms with Crippen LogP contribution in [0.4, 0.5) is 21.2 Å². The van der Waals surface area contributed by atoms with Gasteiger partial charge >= 0.3 is 12.2 Å². The molecule has 2 amide bonds. The highest BCUT2D eigenvalue weighted by Gasteiger charge is 2.24. The summed E-state index contributed by atoms with van der Waals surface area (Å²) in [5.41, 5.74) is 1.31. The average molecular weight is 398 g/mol. The minimum absolute atomic E-state index is 0.103. The Kier molecular flexibility index (Phi) is 6.21. The summed E-state index contributed by atoms with van der Waals surface area (Å²) in [6, 6.07) is 12.9. The van der Waals surface area contributed by atoms with E-state index in [1.165, 1.54) is 0 Å². The van der Waals surface area contributed by atoms with Gasteiger partial charge < -0.3 is 20.1 Å². The van der Waals surface area contributed by atoms with Crippen LogP contribution in [0.3, 0.4) is 0 Å². The summed E-state index contributed by atoms with van der Waals surface area (Å²) < 4.78 is 10.5. The number of carbonyl (C=O) groups excluding carboxylic acids is 2. The number of nitrogens with zero attached hydrogens (tertiary/aromatic N) is 1. The minimum Gasteiger partial charge on any atom is -0.444 e. The van der Waals surface area contributed by atoms with E-state index in [0.717, 1.165) is 11.1 Å². The van der Waals surface area contributed by atoms with Gasteiger partial charge in [0.1, 0.15) is 23.8 Å². The van der Waals surface area contributed by atoms with Crippen molar-refractivity contribution in [2.75, 3.05) is 17.2 Å². The van der Waals surface area contributed by atoms with Crippen LogP contribution < -0.4 is 16.0 Å². The van der Waals surface area contributed by atoms with Crippen molar-refractivity contribution in [1.82, 2.24) is 10.3 Å².